The molecule has 0 aliphatic heterocycles. The van der Waals surface area contributed by atoms with E-state index in [1.165, 1.54) is 11.3 Å². The van der Waals surface area contributed by atoms with Gasteiger partial charge in [0.25, 0.3) is 0 Å². The zero-order valence-electron chi connectivity index (χ0n) is 14.3. The highest BCUT2D eigenvalue weighted by Crippen LogP contribution is 2.31. The molecule has 0 unspecified atom stereocenters. The molecule has 0 amide bonds. The first-order valence-corrected chi connectivity index (χ1v) is 8.49. The predicted molar refractivity (Wildman–Crippen MR) is 96.3 cm³/mol. The van der Waals surface area contributed by atoms with Gasteiger partial charge in [0.1, 0.15) is 12.4 Å². The van der Waals surface area contributed by atoms with Crippen molar-refractivity contribution in [2.45, 2.75) is 26.4 Å². The number of carboxylic acids is 1. The van der Waals surface area contributed by atoms with E-state index in [1.54, 1.807) is 25.2 Å². The van der Waals surface area contributed by atoms with Gasteiger partial charge in [-0.05, 0) is 12.1 Å². The third-order valence-corrected chi connectivity index (χ3v) is 4.62. The molecule has 0 aliphatic carbocycles. The van der Waals surface area contributed by atoms with E-state index in [1.807, 2.05) is 44.2 Å². The van der Waals surface area contributed by atoms with Crippen LogP contribution in [0.2, 0.25) is 0 Å². The third kappa shape index (κ3) is 4.58. The number of carbonyl (C=O) groups is 1. The van der Waals surface area contributed by atoms with Crippen molar-refractivity contribution >= 4 is 22.9 Å². The Morgan fingerprint density at radius 3 is 2.54 bits per heavy atom. The van der Waals surface area contributed by atoms with Crippen molar-refractivity contribution in [3.05, 3.63) is 52.1 Å². The largest absolute Gasteiger partial charge is 0.487 e. The molecular weight excluding hydrogens is 324 g/mol. The number of carboxylic acid groups (broad SMARTS) is 1. The molecule has 24 heavy (non-hydrogen) atoms. The average molecular weight is 346 g/mol. The Bertz CT molecular complexity index is 721. The molecular formula is C18H22N2O3S. The van der Waals surface area contributed by atoms with Gasteiger partial charge in [0.15, 0.2) is 0 Å². The Balaban J connectivity index is 2.36. The summed E-state index contributed by atoms with van der Waals surface area (Å²) in [5.74, 6) is -0.00625. The summed E-state index contributed by atoms with van der Waals surface area (Å²) in [5, 5.41) is 10.5. The Morgan fingerprint density at radius 2 is 2.00 bits per heavy atom. The molecule has 0 saturated heterocycles. The SMILES string of the molecule is CC(C)c1nc(COc2ccccc2)c(C(=CN(C)C)C(=O)O)s1. The molecule has 0 fully saturated rings. The summed E-state index contributed by atoms with van der Waals surface area (Å²) < 4.78 is 5.77. The highest BCUT2D eigenvalue weighted by molar-refractivity contribution is 7.13. The van der Waals surface area contributed by atoms with E-state index >= 15 is 0 Å². The summed E-state index contributed by atoms with van der Waals surface area (Å²) in [6, 6.07) is 9.43. The molecule has 1 heterocycles. The van der Waals surface area contributed by atoms with Crippen LogP contribution in [0.5, 0.6) is 5.75 Å². The normalized spacial score (nSPS) is 11.6. The maximum atomic E-state index is 11.7. The number of hydrogen-bond donors (Lipinski definition) is 1. The quantitative estimate of drug-likeness (QED) is 0.772. The van der Waals surface area contributed by atoms with Crippen LogP contribution < -0.4 is 4.74 Å². The van der Waals surface area contributed by atoms with Crippen LogP contribution in [-0.2, 0) is 11.4 Å². The summed E-state index contributed by atoms with van der Waals surface area (Å²) in [4.78, 5) is 18.7. The van der Waals surface area contributed by atoms with Crippen LogP contribution in [-0.4, -0.2) is 35.1 Å². The van der Waals surface area contributed by atoms with Gasteiger partial charge >= 0.3 is 5.97 Å². The van der Waals surface area contributed by atoms with Gasteiger partial charge in [-0.25, -0.2) is 9.78 Å². The Hall–Kier alpha value is -2.34. The van der Waals surface area contributed by atoms with Crippen molar-refractivity contribution < 1.29 is 14.6 Å². The third-order valence-electron chi connectivity index (χ3n) is 3.19. The second kappa shape index (κ2) is 7.97. The van der Waals surface area contributed by atoms with Gasteiger partial charge in [-0.15, -0.1) is 11.3 Å². The first-order valence-electron chi connectivity index (χ1n) is 7.67. The number of para-hydroxylation sites is 1. The number of benzene rings is 1. The van der Waals surface area contributed by atoms with Crippen LogP contribution >= 0.6 is 11.3 Å². The summed E-state index contributed by atoms with van der Waals surface area (Å²) in [6.07, 6.45) is 1.60. The molecule has 0 spiro atoms. The minimum absolute atomic E-state index is 0.230. The highest BCUT2D eigenvalue weighted by Gasteiger charge is 2.22. The van der Waals surface area contributed by atoms with Gasteiger partial charge in [0.05, 0.1) is 21.2 Å². The molecule has 0 bridgehead atoms. The molecule has 1 aromatic heterocycles. The minimum atomic E-state index is -0.969. The molecule has 128 valence electrons. The van der Waals surface area contributed by atoms with E-state index in [2.05, 4.69) is 4.98 Å². The molecule has 5 nitrogen and oxygen atoms in total. The maximum absolute atomic E-state index is 11.7. The fourth-order valence-corrected chi connectivity index (χ4v) is 3.14. The Morgan fingerprint density at radius 1 is 1.33 bits per heavy atom. The molecule has 0 aliphatic rings. The zero-order valence-corrected chi connectivity index (χ0v) is 15.1. The monoisotopic (exact) mass is 346 g/mol. The molecule has 2 rings (SSSR count). The van der Waals surface area contributed by atoms with Gasteiger partial charge in [-0.1, -0.05) is 32.0 Å². The van der Waals surface area contributed by atoms with Crippen molar-refractivity contribution in [2.75, 3.05) is 14.1 Å². The molecule has 0 saturated carbocycles. The summed E-state index contributed by atoms with van der Waals surface area (Å²) >= 11 is 1.41. The molecule has 2 aromatic rings. The van der Waals surface area contributed by atoms with Crippen LogP contribution in [0.3, 0.4) is 0 Å². The lowest BCUT2D eigenvalue weighted by molar-refractivity contribution is -0.130. The van der Waals surface area contributed by atoms with Gasteiger partial charge in [-0.3, -0.25) is 0 Å². The Labute approximate surface area is 146 Å². The highest BCUT2D eigenvalue weighted by atomic mass is 32.1. The van der Waals surface area contributed by atoms with E-state index in [0.29, 0.717) is 10.6 Å². The number of thiazole rings is 1. The summed E-state index contributed by atoms with van der Waals surface area (Å²) in [7, 11) is 3.60. The number of rotatable bonds is 7. The second-order valence-electron chi connectivity index (χ2n) is 5.90. The van der Waals surface area contributed by atoms with E-state index < -0.39 is 5.97 Å². The van der Waals surface area contributed by atoms with Crippen molar-refractivity contribution in [3.63, 3.8) is 0 Å². The van der Waals surface area contributed by atoms with Crippen molar-refractivity contribution in [2.24, 2.45) is 0 Å². The van der Waals surface area contributed by atoms with Gasteiger partial charge in [-0.2, -0.15) is 0 Å². The number of aliphatic carboxylic acids is 1. The van der Waals surface area contributed by atoms with Gasteiger partial charge < -0.3 is 14.7 Å². The first-order chi connectivity index (χ1) is 11.4. The second-order valence-corrected chi connectivity index (χ2v) is 6.93. The number of nitrogens with zero attached hydrogens (tertiary/aromatic N) is 2. The Kier molecular flexibility index (Phi) is 5.98. The lowest BCUT2D eigenvalue weighted by Gasteiger charge is -2.09. The van der Waals surface area contributed by atoms with E-state index in [-0.39, 0.29) is 18.1 Å². The lowest BCUT2D eigenvalue weighted by Crippen LogP contribution is -2.09. The zero-order chi connectivity index (χ0) is 17.7. The van der Waals surface area contributed by atoms with E-state index in [0.717, 1.165) is 10.8 Å². The molecule has 6 heteroatoms. The fourth-order valence-electron chi connectivity index (χ4n) is 2.06. The lowest BCUT2D eigenvalue weighted by atomic mass is 10.2. The van der Waals surface area contributed by atoms with Crippen LogP contribution in [0, 0.1) is 0 Å². The molecule has 0 atom stereocenters. The molecule has 1 N–H and O–H groups in total. The van der Waals surface area contributed by atoms with Crippen LogP contribution in [0.15, 0.2) is 36.5 Å². The molecule has 0 radical (unpaired) electrons. The van der Waals surface area contributed by atoms with Gasteiger partial charge in [0, 0.05) is 26.2 Å². The van der Waals surface area contributed by atoms with Crippen LogP contribution in [0.1, 0.15) is 35.3 Å². The number of ether oxygens (including phenoxy) is 1. The minimum Gasteiger partial charge on any atom is -0.487 e. The summed E-state index contributed by atoms with van der Waals surface area (Å²) in [5.41, 5.74) is 0.888. The number of aromatic nitrogens is 1. The van der Waals surface area contributed by atoms with Crippen molar-refractivity contribution in [1.29, 1.82) is 0 Å². The standard InChI is InChI=1S/C18H22N2O3S/c1-12(2)17-19-15(11-23-13-8-6-5-7-9-13)16(24-17)14(18(21)22)10-20(3)4/h5-10,12H,11H2,1-4H3,(H,21,22). The van der Waals surface area contributed by atoms with Crippen molar-refractivity contribution in [3.8, 4) is 5.75 Å². The molecule has 1 aromatic carbocycles. The van der Waals surface area contributed by atoms with Crippen molar-refractivity contribution in [1.82, 2.24) is 9.88 Å². The topological polar surface area (TPSA) is 62.7 Å². The van der Waals surface area contributed by atoms with E-state index in [9.17, 15) is 9.90 Å². The summed E-state index contributed by atoms with van der Waals surface area (Å²) in [6.45, 7) is 4.32. The average Bonchev–Trinajstić information content (AvgIpc) is 2.95. The number of hydrogen-bond acceptors (Lipinski definition) is 5. The smallest absolute Gasteiger partial charge is 0.338 e. The first kappa shape index (κ1) is 18.0. The predicted octanol–water partition coefficient (Wildman–Crippen LogP) is 3.83. The maximum Gasteiger partial charge on any atom is 0.338 e. The van der Waals surface area contributed by atoms with E-state index in [4.69, 9.17) is 4.74 Å². The fraction of sp³-hybridized carbons (Fsp3) is 0.333. The van der Waals surface area contributed by atoms with Crippen LogP contribution in [0.4, 0.5) is 0 Å². The van der Waals surface area contributed by atoms with Gasteiger partial charge in [0.2, 0.25) is 0 Å². The van der Waals surface area contributed by atoms with Crippen LogP contribution in [0.25, 0.3) is 5.57 Å².